The van der Waals surface area contributed by atoms with Crippen LogP contribution in [0.5, 0.6) is 0 Å². The van der Waals surface area contributed by atoms with Crippen LogP contribution < -0.4 is 0 Å². The molecular formula is C11H20BrNO3. The van der Waals surface area contributed by atoms with E-state index < -0.39 is 5.60 Å². The summed E-state index contributed by atoms with van der Waals surface area (Å²) < 4.78 is 10.9. The van der Waals surface area contributed by atoms with Crippen molar-refractivity contribution >= 4 is 22.0 Å². The number of hydrogen-bond donors (Lipinski definition) is 0. The van der Waals surface area contributed by atoms with Crippen LogP contribution in [0.15, 0.2) is 0 Å². The summed E-state index contributed by atoms with van der Waals surface area (Å²) >= 11 is 3.38. The molecule has 0 aromatic carbocycles. The SMILES string of the molecule is CC(C)(C)OC(=O)N1CCO[C@@H](CCBr)C1. The maximum absolute atomic E-state index is 11.8. The maximum Gasteiger partial charge on any atom is 0.410 e. The van der Waals surface area contributed by atoms with Gasteiger partial charge in [0.05, 0.1) is 19.3 Å². The van der Waals surface area contributed by atoms with Crippen LogP contribution in [0, 0.1) is 0 Å². The van der Waals surface area contributed by atoms with Gasteiger partial charge in [-0.25, -0.2) is 4.79 Å². The molecule has 1 heterocycles. The highest BCUT2D eigenvalue weighted by Crippen LogP contribution is 2.14. The average molecular weight is 294 g/mol. The van der Waals surface area contributed by atoms with Gasteiger partial charge in [0.15, 0.2) is 0 Å². The topological polar surface area (TPSA) is 38.8 Å². The number of halogens is 1. The highest BCUT2D eigenvalue weighted by molar-refractivity contribution is 9.09. The highest BCUT2D eigenvalue weighted by atomic mass is 79.9. The smallest absolute Gasteiger partial charge is 0.410 e. The van der Waals surface area contributed by atoms with Gasteiger partial charge in [-0.15, -0.1) is 0 Å². The predicted molar refractivity (Wildman–Crippen MR) is 66.0 cm³/mol. The van der Waals surface area contributed by atoms with Crippen molar-refractivity contribution in [1.29, 1.82) is 0 Å². The van der Waals surface area contributed by atoms with Crippen LogP contribution in [0.4, 0.5) is 4.79 Å². The summed E-state index contributed by atoms with van der Waals surface area (Å²) in [6.45, 7) is 7.47. The fourth-order valence-corrected chi connectivity index (χ4v) is 2.02. The molecule has 1 aliphatic heterocycles. The van der Waals surface area contributed by atoms with E-state index in [1.54, 1.807) is 4.90 Å². The first-order chi connectivity index (χ1) is 7.42. The number of morpholine rings is 1. The lowest BCUT2D eigenvalue weighted by Crippen LogP contribution is -2.47. The Morgan fingerprint density at radius 2 is 2.25 bits per heavy atom. The fraction of sp³-hybridized carbons (Fsp3) is 0.909. The van der Waals surface area contributed by atoms with Crippen molar-refractivity contribution in [2.75, 3.05) is 25.0 Å². The van der Waals surface area contributed by atoms with Crippen LogP contribution in [0.25, 0.3) is 0 Å². The first-order valence-electron chi connectivity index (χ1n) is 5.58. The monoisotopic (exact) mass is 293 g/mol. The second-order valence-corrected chi connectivity index (χ2v) is 5.69. The van der Waals surface area contributed by atoms with Gasteiger partial charge in [0.25, 0.3) is 0 Å². The van der Waals surface area contributed by atoms with Gasteiger partial charge in [-0.1, -0.05) is 15.9 Å². The zero-order chi connectivity index (χ0) is 12.2. The van der Waals surface area contributed by atoms with Crippen molar-refractivity contribution in [3.63, 3.8) is 0 Å². The molecule has 0 unspecified atom stereocenters. The number of ether oxygens (including phenoxy) is 2. The third-order valence-electron chi connectivity index (χ3n) is 2.22. The zero-order valence-electron chi connectivity index (χ0n) is 10.2. The molecule has 1 fully saturated rings. The number of rotatable bonds is 2. The zero-order valence-corrected chi connectivity index (χ0v) is 11.7. The number of carbonyl (C=O) groups is 1. The molecule has 0 radical (unpaired) electrons. The summed E-state index contributed by atoms with van der Waals surface area (Å²) in [7, 11) is 0. The minimum atomic E-state index is -0.430. The van der Waals surface area contributed by atoms with Crippen LogP contribution in [0.3, 0.4) is 0 Å². The molecule has 0 aliphatic carbocycles. The average Bonchev–Trinajstić information content (AvgIpc) is 2.16. The lowest BCUT2D eigenvalue weighted by atomic mass is 10.2. The summed E-state index contributed by atoms with van der Waals surface area (Å²) in [6, 6.07) is 0. The molecule has 0 aromatic heterocycles. The summed E-state index contributed by atoms with van der Waals surface area (Å²) in [5.74, 6) is 0. The van der Waals surface area contributed by atoms with E-state index >= 15 is 0 Å². The molecule has 0 spiro atoms. The summed E-state index contributed by atoms with van der Waals surface area (Å²) in [5.41, 5.74) is -0.430. The Kier molecular flexibility index (Phi) is 5.05. The van der Waals surface area contributed by atoms with Gasteiger partial charge in [0, 0.05) is 11.9 Å². The molecule has 0 bridgehead atoms. The molecule has 94 valence electrons. The van der Waals surface area contributed by atoms with Crippen molar-refractivity contribution in [2.45, 2.75) is 38.9 Å². The van der Waals surface area contributed by atoms with Crippen molar-refractivity contribution in [2.24, 2.45) is 0 Å². The Bertz CT molecular complexity index is 238. The molecule has 1 rings (SSSR count). The first-order valence-corrected chi connectivity index (χ1v) is 6.70. The van der Waals surface area contributed by atoms with Gasteiger partial charge in [-0.3, -0.25) is 0 Å². The van der Waals surface area contributed by atoms with E-state index in [0.29, 0.717) is 19.7 Å². The molecule has 0 N–H and O–H groups in total. The predicted octanol–water partition coefficient (Wildman–Crippen LogP) is 2.41. The molecule has 1 atom stereocenters. The quantitative estimate of drug-likeness (QED) is 0.734. The summed E-state index contributed by atoms with van der Waals surface area (Å²) in [5, 5.41) is 0.889. The minimum absolute atomic E-state index is 0.126. The molecule has 1 saturated heterocycles. The van der Waals surface area contributed by atoms with E-state index in [1.165, 1.54) is 0 Å². The first kappa shape index (κ1) is 13.8. The molecule has 1 amide bonds. The van der Waals surface area contributed by atoms with Gasteiger partial charge >= 0.3 is 6.09 Å². The molecule has 1 aliphatic rings. The molecule has 4 nitrogen and oxygen atoms in total. The van der Waals surface area contributed by atoms with Gasteiger partial charge in [0.2, 0.25) is 0 Å². The molecular weight excluding hydrogens is 274 g/mol. The normalized spacial score (nSPS) is 22.0. The van der Waals surface area contributed by atoms with E-state index in [9.17, 15) is 4.79 Å². The number of alkyl halides is 1. The molecule has 16 heavy (non-hydrogen) atoms. The lowest BCUT2D eigenvalue weighted by Gasteiger charge is -2.34. The van der Waals surface area contributed by atoms with E-state index in [4.69, 9.17) is 9.47 Å². The largest absolute Gasteiger partial charge is 0.444 e. The number of hydrogen-bond acceptors (Lipinski definition) is 3. The Balaban J connectivity index is 2.44. The molecule has 0 aromatic rings. The van der Waals surface area contributed by atoms with Crippen LogP contribution in [0.1, 0.15) is 27.2 Å². The van der Waals surface area contributed by atoms with Crippen molar-refractivity contribution in [1.82, 2.24) is 4.90 Å². The van der Waals surface area contributed by atoms with Crippen molar-refractivity contribution < 1.29 is 14.3 Å². The third kappa shape index (κ3) is 4.70. The summed E-state index contributed by atoms with van der Waals surface area (Å²) in [4.78, 5) is 13.5. The van der Waals surface area contributed by atoms with Gasteiger partial charge < -0.3 is 14.4 Å². The van der Waals surface area contributed by atoms with Gasteiger partial charge in [-0.05, 0) is 27.2 Å². The number of carbonyl (C=O) groups excluding carboxylic acids is 1. The lowest BCUT2D eigenvalue weighted by molar-refractivity contribution is -0.0423. The van der Waals surface area contributed by atoms with Crippen molar-refractivity contribution in [3.05, 3.63) is 0 Å². The maximum atomic E-state index is 11.8. The fourth-order valence-electron chi connectivity index (χ4n) is 1.51. The standard InChI is InChI=1S/C11H20BrNO3/c1-11(2,3)16-10(14)13-6-7-15-9(8-13)4-5-12/h9H,4-8H2,1-3H3/t9-/m0/s1. The van der Waals surface area contributed by atoms with Crippen molar-refractivity contribution in [3.8, 4) is 0 Å². The molecule has 0 saturated carbocycles. The number of amides is 1. The number of nitrogens with zero attached hydrogens (tertiary/aromatic N) is 1. The highest BCUT2D eigenvalue weighted by Gasteiger charge is 2.27. The molecule has 5 heteroatoms. The van der Waals surface area contributed by atoms with E-state index in [0.717, 1.165) is 11.8 Å². The summed E-state index contributed by atoms with van der Waals surface area (Å²) in [6.07, 6.45) is 0.801. The van der Waals surface area contributed by atoms with Crippen LogP contribution in [-0.4, -0.2) is 47.7 Å². The second kappa shape index (κ2) is 5.87. The Hall–Kier alpha value is -0.290. The van der Waals surface area contributed by atoms with Gasteiger partial charge in [0.1, 0.15) is 5.60 Å². The Labute approximate surface area is 105 Å². The third-order valence-corrected chi connectivity index (χ3v) is 2.68. The van der Waals surface area contributed by atoms with E-state index in [1.807, 2.05) is 20.8 Å². The van der Waals surface area contributed by atoms with E-state index in [-0.39, 0.29) is 12.2 Å². The van der Waals surface area contributed by atoms with Crippen LogP contribution >= 0.6 is 15.9 Å². The Morgan fingerprint density at radius 3 is 2.81 bits per heavy atom. The van der Waals surface area contributed by atoms with E-state index in [2.05, 4.69) is 15.9 Å². The van der Waals surface area contributed by atoms with Crippen LogP contribution in [-0.2, 0) is 9.47 Å². The Morgan fingerprint density at radius 1 is 1.56 bits per heavy atom. The minimum Gasteiger partial charge on any atom is -0.444 e. The second-order valence-electron chi connectivity index (χ2n) is 4.90. The van der Waals surface area contributed by atoms with Gasteiger partial charge in [-0.2, -0.15) is 0 Å². The van der Waals surface area contributed by atoms with Crippen LogP contribution in [0.2, 0.25) is 0 Å².